The number of likely N-dealkylation sites (tertiary alicyclic amines) is 1. The Hall–Kier alpha value is -3.07. The molecule has 42 heavy (non-hydrogen) atoms. The Labute approximate surface area is 248 Å². The van der Waals surface area contributed by atoms with E-state index in [4.69, 9.17) is 9.47 Å². The third-order valence-corrected chi connectivity index (χ3v) is 9.16. The number of methoxy groups -OCH3 is 1. The third kappa shape index (κ3) is 7.85. The zero-order valence-corrected chi connectivity index (χ0v) is 24.8. The Morgan fingerprint density at radius 3 is 2.57 bits per heavy atom. The summed E-state index contributed by atoms with van der Waals surface area (Å²) in [6.45, 7) is 6.27. The highest BCUT2D eigenvalue weighted by Gasteiger charge is 2.37. The lowest BCUT2D eigenvalue weighted by Crippen LogP contribution is -2.41. The van der Waals surface area contributed by atoms with E-state index in [0.717, 1.165) is 74.9 Å². The summed E-state index contributed by atoms with van der Waals surface area (Å²) in [4.78, 5) is 21.4. The molecule has 0 aliphatic carbocycles. The van der Waals surface area contributed by atoms with Crippen molar-refractivity contribution in [3.63, 3.8) is 0 Å². The molecule has 2 aromatic carbocycles. The molecule has 7 nitrogen and oxygen atoms in total. The van der Waals surface area contributed by atoms with Gasteiger partial charge >= 0.3 is 5.97 Å². The number of hydrogen-bond acceptors (Lipinski definition) is 6. The first-order valence-corrected chi connectivity index (χ1v) is 15.3. The topological polar surface area (TPSA) is 75.1 Å². The summed E-state index contributed by atoms with van der Waals surface area (Å²) in [6, 6.07) is 16.1. The zero-order valence-electron chi connectivity index (χ0n) is 24.8. The standard InChI is InChI=1S/C34H44FN3O4/c1-41-28-9-10-31-29(22-28)33(27(24-36-31)25-38-18-20-42-21-19-38)30(35)11-12-34(23-32(39)40)13-16-37(17-14-34)15-5-8-26-6-3-2-4-7-26/h2-4,6-7,9-10,22,24,30H,5,8,11-21,23,25H2,1H3,(H,39,40)/t30-/m1/s1. The van der Waals surface area contributed by atoms with Crippen LogP contribution in [0.1, 0.15) is 61.4 Å². The smallest absolute Gasteiger partial charge is 0.303 e. The first kappa shape index (κ1) is 30.4. The fourth-order valence-corrected chi connectivity index (χ4v) is 6.67. The lowest BCUT2D eigenvalue weighted by atomic mass is 9.71. The summed E-state index contributed by atoms with van der Waals surface area (Å²) in [7, 11) is 1.61. The number of rotatable bonds is 13. The minimum absolute atomic E-state index is 0.0864. The van der Waals surface area contributed by atoms with Crippen LogP contribution in [0.3, 0.4) is 0 Å². The van der Waals surface area contributed by atoms with Crippen LogP contribution < -0.4 is 4.74 Å². The number of carboxylic acids is 1. The number of nitrogens with zero attached hydrogens (tertiary/aromatic N) is 3. The number of aromatic nitrogens is 1. The van der Waals surface area contributed by atoms with Crippen molar-refractivity contribution in [2.45, 2.75) is 57.7 Å². The SMILES string of the molecule is COc1ccc2ncc(CN3CCOCC3)c([C@H](F)CCC3(CC(=O)O)CCN(CCCc4ccccc4)CC3)c2c1. The van der Waals surface area contributed by atoms with Gasteiger partial charge in [0.2, 0.25) is 0 Å². The number of alkyl halides is 1. The van der Waals surface area contributed by atoms with Crippen molar-refractivity contribution in [3.8, 4) is 5.75 Å². The fourth-order valence-electron chi connectivity index (χ4n) is 6.67. The Kier molecular flexibility index (Phi) is 10.4. The van der Waals surface area contributed by atoms with Crippen LogP contribution in [0.25, 0.3) is 10.9 Å². The van der Waals surface area contributed by atoms with E-state index in [1.807, 2.05) is 30.5 Å². The molecule has 3 heterocycles. The highest BCUT2D eigenvalue weighted by atomic mass is 19.1. The van der Waals surface area contributed by atoms with Crippen LogP contribution in [0.15, 0.2) is 54.7 Å². The summed E-state index contributed by atoms with van der Waals surface area (Å²) in [5, 5.41) is 10.6. The van der Waals surface area contributed by atoms with Crippen molar-refractivity contribution in [2.24, 2.45) is 5.41 Å². The van der Waals surface area contributed by atoms with E-state index in [1.54, 1.807) is 7.11 Å². The summed E-state index contributed by atoms with van der Waals surface area (Å²) in [5.41, 5.74) is 3.23. The van der Waals surface area contributed by atoms with E-state index in [1.165, 1.54) is 5.56 Å². The number of carboxylic acid groups (broad SMARTS) is 1. The number of aryl methyl sites for hydroxylation is 1. The van der Waals surface area contributed by atoms with Crippen LogP contribution >= 0.6 is 0 Å². The molecule has 5 rings (SSSR count). The number of morpholine rings is 1. The van der Waals surface area contributed by atoms with Crippen LogP contribution in [0.5, 0.6) is 5.75 Å². The number of aliphatic carboxylic acids is 1. The van der Waals surface area contributed by atoms with Gasteiger partial charge in [-0.2, -0.15) is 0 Å². The van der Waals surface area contributed by atoms with Gasteiger partial charge in [-0.05, 0) is 92.9 Å². The van der Waals surface area contributed by atoms with Gasteiger partial charge in [0.1, 0.15) is 11.9 Å². The summed E-state index contributed by atoms with van der Waals surface area (Å²) in [6.07, 6.45) is 5.18. The van der Waals surface area contributed by atoms with Gasteiger partial charge < -0.3 is 19.5 Å². The zero-order chi connectivity index (χ0) is 29.4. The van der Waals surface area contributed by atoms with Gasteiger partial charge in [-0.15, -0.1) is 0 Å². The van der Waals surface area contributed by atoms with Gasteiger partial charge in [-0.25, -0.2) is 4.39 Å². The first-order valence-electron chi connectivity index (χ1n) is 15.3. The number of piperidine rings is 1. The molecule has 1 aromatic heterocycles. The van der Waals surface area contributed by atoms with Gasteiger partial charge in [0, 0.05) is 36.8 Å². The molecule has 0 radical (unpaired) electrons. The molecule has 0 amide bonds. The molecule has 3 aromatic rings. The van der Waals surface area contributed by atoms with E-state index >= 15 is 4.39 Å². The highest BCUT2D eigenvalue weighted by Crippen LogP contribution is 2.43. The number of fused-ring (bicyclic) bond motifs is 1. The summed E-state index contributed by atoms with van der Waals surface area (Å²) in [5.74, 6) is -0.127. The molecular formula is C34H44FN3O4. The molecule has 226 valence electrons. The van der Waals surface area contributed by atoms with Crippen LogP contribution in [-0.4, -0.2) is 78.9 Å². The second kappa shape index (κ2) is 14.4. The molecular weight excluding hydrogens is 533 g/mol. The number of halogens is 1. The second-order valence-corrected chi connectivity index (χ2v) is 12.0. The van der Waals surface area contributed by atoms with Crippen LogP contribution in [0.2, 0.25) is 0 Å². The Morgan fingerprint density at radius 2 is 1.86 bits per heavy atom. The Balaban J connectivity index is 1.28. The lowest BCUT2D eigenvalue weighted by molar-refractivity contribution is -0.141. The van der Waals surface area contributed by atoms with Crippen molar-refractivity contribution in [2.75, 3.05) is 53.0 Å². The van der Waals surface area contributed by atoms with Crippen molar-refractivity contribution < 1.29 is 23.8 Å². The third-order valence-electron chi connectivity index (χ3n) is 9.16. The molecule has 2 aliphatic rings. The average Bonchev–Trinajstić information content (AvgIpc) is 3.01. The van der Waals surface area contributed by atoms with E-state index in [-0.39, 0.29) is 12.8 Å². The van der Waals surface area contributed by atoms with Crippen molar-refractivity contribution in [3.05, 3.63) is 71.4 Å². The molecule has 1 N–H and O–H groups in total. The van der Waals surface area contributed by atoms with Crippen LogP contribution in [0, 0.1) is 5.41 Å². The maximum atomic E-state index is 16.5. The Morgan fingerprint density at radius 1 is 1.10 bits per heavy atom. The van der Waals surface area contributed by atoms with Gasteiger partial charge in [0.05, 0.1) is 32.3 Å². The predicted octanol–water partition coefficient (Wildman–Crippen LogP) is 6.06. The number of ether oxygens (including phenoxy) is 2. The summed E-state index contributed by atoms with van der Waals surface area (Å²) < 4.78 is 27.5. The molecule has 0 saturated carbocycles. The molecule has 0 spiro atoms. The molecule has 0 unspecified atom stereocenters. The molecule has 1 atom stereocenters. The van der Waals surface area contributed by atoms with Gasteiger partial charge in [0.25, 0.3) is 0 Å². The normalized spacial score (nSPS) is 18.6. The number of benzene rings is 2. The van der Waals surface area contributed by atoms with Crippen LogP contribution in [-0.2, 0) is 22.5 Å². The van der Waals surface area contributed by atoms with Gasteiger partial charge in [-0.1, -0.05) is 30.3 Å². The van der Waals surface area contributed by atoms with Gasteiger partial charge in [0.15, 0.2) is 0 Å². The monoisotopic (exact) mass is 577 g/mol. The summed E-state index contributed by atoms with van der Waals surface area (Å²) >= 11 is 0. The lowest BCUT2D eigenvalue weighted by Gasteiger charge is -2.41. The molecule has 2 aliphatic heterocycles. The second-order valence-electron chi connectivity index (χ2n) is 12.0. The quantitative estimate of drug-likeness (QED) is 0.265. The minimum Gasteiger partial charge on any atom is -0.497 e. The average molecular weight is 578 g/mol. The predicted molar refractivity (Wildman–Crippen MR) is 163 cm³/mol. The van der Waals surface area contributed by atoms with Crippen molar-refractivity contribution >= 4 is 16.9 Å². The van der Waals surface area contributed by atoms with Crippen molar-refractivity contribution in [1.82, 2.24) is 14.8 Å². The highest BCUT2D eigenvalue weighted by molar-refractivity contribution is 5.85. The molecule has 8 heteroatoms. The van der Waals surface area contributed by atoms with Gasteiger partial charge in [-0.3, -0.25) is 14.7 Å². The maximum Gasteiger partial charge on any atom is 0.303 e. The molecule has 2 fully saturated rings. The fraction of sp³-hybridized carbons (Fsp3) is 0.529. The van der Waals surface area contributed by atoms with E-state index in [9.17, 15) is 9.90 Å². The van der Waals surface area contributed by atoms with E-state index in [0.29, 0.717) is 37.5 Å². The number of carbonyl (C=O) groups is 1. The Bertz CT molecular complexity index is 1310. The number of hydrogen-bond donors (Lipinski definition) is 1. The largest absolute Gasteiger partial charge is 0.497 e. The van der Waals surface area contributed by atoms with Crippen molar-refractivity contribution in [1.29, 1.82) is 0 Å². The van der Waals surface area contributed by atoms with E-state index < -0.39 is 17.6 Å². The first-order chi connectivity index (χ1) is 20.4. The van der Waals surface area contributed by atoms with Crippen LogP contribution in [0.4, 0.5) is 4.39 Å². The molecule has 2 saturated heterocycles. The van der Waals surface area contributed by atoms with E-state index in [2.05, 4.69) is 39.0 Å². The minimum atomic E-state index is -1.23. The molecule has 0 bridgehead atoms. The number of pyridine rings is 1. The maximum absolute atomic E-state index is 16.5.